The van der Waals surface area contributed by atoms with Crippen molar-refractivity contribution in [2.45, 2.75) is 31.5 Å². The zero-order chi connectivity index (χ0) is 17.9. The van der Waals surface area contributed by atoms with Crippen LogP contribution in [0.4, 0.5) is 8.78 Å². The van der Waals surface area contributed by atoms with Crippen molar-refractivity contribution in [1.82, 2.24) is 15.2 Å². The number of nitrogens with one attached hydrogen (secondary N) is 2. The zero-order valence-corrected chi connectivity index (χ0v) is 13.5. The highest BCUT2D eigenvalue weighted by Gasteiger charge is 2.42. The van der Waals surface area contributed by atoms with Gasteiger partial charge >= 0.3 is 0 Å². The summed E-state index contributed by atoms with van der Waals surface area (Å²) in [7, 11) is 0. The van der Waals surface area contributed by atoms with Crippen molar-refractivity contribution in [2.75, 3.05) is 6.54 Å². The summed E-state index contributed by atoms with van der Waals surface area (Å²) in [4.78, 5) is 23.6. The van der Waals surface area contributed by atoms with E-state index in [0.29, 0.717) is 6.54 Å². The maximum Gasteiger partial charge on any atom is 0.262 e. The predicted octanol–water partition coefficient (Wildman–Crippen LogP) is 1.51. The van der Waals surface area contributed by atoms with Crippen LogP contribution in [0.25, 0.3) is 0 Å². The number of hydrogen-bond acceptors (Lipinski definition) is 3. The van der Waals surface area contributed by atoms with Crippen LogP contribution in [0.5, 0.6) is 0 Å². The molecule has 2 heterocycles. The van der Waals surface area contributed by atoms with E-state index in [1.54, 1.807) is 22.9 Å². The molecule has 132 valence electrons. The van der Waals surface area contributed by atoms with Crippen molar-refractivity contribution in [2.24, 2.45) is 0 Å². The summed E-state index contributed by atoms with van der Waals surface area (Å²) in [5.41, 5.74) is 1.75. The highest BCUT2D eigenvalue weighted by atomic mass is 19.3. The third-order valence-electron chi connectivity index (χ3n) is 4.17. The molecule has 5 nitrogen and oxygen atoms in total. The van der Waals surface area contributed by atoms with Gasteiger partial charge in [0, 0.05) is 25.2 Å². The first-order valence-electron chi connectivity index (χ1n) is 8.05. The quantitative estimate of drug-likeness (QED) is 0.862. The predicted molar refractivity (Wildman–Crippen MR) is 89.4 cm³/mol. The number of halogens is 2. The summed E-state index contributed by atoms with van der Waals surface area (Å²) < 4.78 is 27.8. The zero-order valence-electron chi connectivity index (χ0n) is 13.5. The molecule has 0 radical (unpaired) electrons. The van der Waals surface area contributed by atoms with Gasteiger partial charge in [0.25, 0.3) is 11.5 Å². The molecule has 0 aliphatic carbocycles. The first-order valence-corrected chi connectivity index (χ1v) is 8.05. The van der Waals surface area contributed by atoms with Crippen LogP contribution in [0.15, 0.2) is 53.5 Å². The Morgan fingerprint density at radius 3 is 2.56 bits per heavy atom. The SMILES string of the molecule is O=C(NCc1ccc(Cn2ccccc2=O)cc1)C1CC(F)(F)CN1. The number of pyridine rings is 1. The second kappa shape index (κ2) is 7.14. The Balaban J connectivity index is 1.54. The minimum Gasteiger partial charge on any atom is -0.351 e. The molecule has 1 aromatic carbocycles. The molecule has 25 heavy (non-hydrogen) atoms. The summed E-state index contributed by atoms with van der Waals surface area (Å²) in [6.45, 7) is 0.278. The molecule has 0 saturated carbocycles. The number of carbonyl (C=O) groups excluding carboxylic acids is 1. The van der Waals surface area contributed by atoms with Gasteiger partial charge in [-0.3, -0.25) is 14.9 Å². The number of amides is 1. The van der Waals surface area contributed by atoms with E-state index in [4.69, 9.17) is 0 Å². The van der Waals surface area contributed by atoms with Crippen molar-refractivity contribution in [3.8, 4) is 0 Å². The Kier molecular flexibility index (Phi) is 4.94. The van der Waals surface area contributed by atoms with E-state index in [1.807, 2.05) is 24.3 Å². The van der Waals surface area contributed by atoms with Gasteiger partial charge in [0.1, 0.15) is 0 Å². The largest absolute Gasteiger partial charge is 0.351 e. The van der Waals surface area contributed by atoms with Crippen LogP contribution in [-0.4, -0.2) is 29.0 Å². The van der Waals surface area contributed by atoms with E-state index in [0.717, 1.165) is 11.1 Å². The standard InChI is InChI=1S/C18H19F2N3O2/c19-18(20)9-15(22-12-18)17(25)21-10-13-4-6-14(7-5-13)11-23-8-2-1-3-16(23)24/h1-8,15,22H,9-12H2,(H,21,25). The van der Waals surface area contributed by atoms with Gasteiger partial charge in [0.15, 0.2) is 0 Å². The maximum atomic E-state index is 13.1. The Bertz CT molecular complexity index is 802. The van der Waals surface area contributed by atoms with Crippen molar-refractivity contribution in [3.63, 3.8) is 0 Å². The summed E-state index contributed by atoms with van der Waals surface area (Å²) >= 11 is 0. The molecule has 1 atom stereocenters. The van der Waals surface area contributed by atoms with E-state index in [9.17, 15) is 18.4 Å². The Labute approximate surface area is 143 Å². The highest BCUT2D eigenvalue weighted by molar-refractivity contribution is 5.82. The number of benzene rings is 1. The molecule has 2 aromatic rings. The average Bonchev–Trinajstić information content (AvgIpc) is 2.96. The van der Waals surface area contributed by atoms with Gasteiger partial charge in [-0.05, 0) is 17.2 Å². The van der Waals surface area contributed by atoms with Gasteiger partial charge in [-0.25, -0.2) is 8.78 Å². The molecule has 1 aliphatic rings. The second-order valence-corrected chi connectivity index (χ2v) is 6.19. The third-order valence-corrected chi connectivity index (χ3v) is 4.17. The molecule has 2 N–H and O–H groups in total. The Hall–Kier alpha value is -2.54. The summed E-state index contributed by atoms with van der Waals surface area (Å²) in [5, 5.41) is 5.20. The van der Waals surface area contributed by atoms with Crippen LogP contribution < -0.4 is 16.2 Å². The molecule has 1 fully saturated rings. The lowest BCUT2D eigenvalue weighted by Gasteiger charge is -2.12. The minimum atomic E-state index is -2.82. The molecule has 1 saturated heterocycles. The lowest BCUT2D eigenvalue weighted by atomic mass is 10.1. The molecule has 1 aliphatic heterocycles. The number of aromatic nitrogens is 1. The lowest BCUT2D eigenvalue weighted by Crippen LogP contribution is -2.40. The van der Waals surface area contributed by atoms with Gasteiger partial charge in [0.2, 0.25) is 5.91 Å². The molecule has 1 unspecified atom stereocenters. The van der Waals surface area contributed by atoms with Crippen LogP contribution >= 0.6 is 0 Å². The molecule has 1 aromatic heterocycles. The molecule has 0 spiro atoms. The normalized spacial score (nSPS) is 18.9. The average molecular weight is 347 g/mol. The molecule has 1 amide bonds. The molecular weight excluding hydrogens is 328 g/mol. The van der Waals surface area contributed by atoms with Gasteiger partial charge in [-0.1, -0.05) is 30.3 Å². The van der Waals surface area contributed by atoms with Crippen LogP contribution in [0.3, 0.4) is 0 Å². The van der Waals surface area contributed by atoms with Crippen LogP contribution in [0, 0.1) is 0 Å². The van der Waals surface area contributed by atoms with E-state index in [2.05, 4.69) is 10.6 Å². The van der Waals surface area contributed by atoms with Gasteiger partial charge in [0.05, 0.1) is 19.1 Å². The van der Waals surface area contributed by atoms with Crippen molar-refractivity contribution in [3.05, 3.63) is 70.1 Å². The lowest BCUT2D eigenvalue weighted by molar-refractivity contribution is -0.123. The van der Waals surface area contributed by atoms with Gasteiger partial charge < -0.3 is 9.88 Å². The smallest absolute Gasteiger partial charge is 0.262 e. The van der Waals surface area contributed by atoms with E-state index < -0.39 is 30.8 Å². The van der Waals surface area contributed by atoms with E-state index in [-0.39, 0.29) is 12.1 Å². The molecule has 3 rings (SSSR count). The monoisotopic (exact) mass is 347 g/mol. The number of alkyl halides is 2. The highest BCUT2D eigenvalue weighted by Crippen LogP contribution is 2.25. The first-order chi connectivity index (χ1) is 11.9. The van der Waals surface area contributed by atoms with Crippen molar-refractivity contribution in [1.29, 1.82) is 0 Å². The number of carbonyl (C=O) groups is 1. The fourth-order valence-electron chi connectivity index (χ4n) is 2.76. The summed E-state index contributed by atoms with van der Waals surface area (Å²) in [6, 6.07) is 11.6. The fraction of sp³-hybridized carbons (Fsp3) is 0.333. The van der Waals surface area contributed by atoms with Gasteiger partial charge in [-0.2, -0.15) is 0 Å². The van der Waals surface area contributed by atoms with Crippen LogP contribution in [0.1, 0.15) is 17.5 Å². The Morgan fingerprint density at radius 1 is 1.20 bits per heavy atom. The maximum absolute atomic E-state index is 13.1. The molecule has 7 heteroatoms. The second-order valence-electron chi connectivity index (χ2n) is 6.19. The molecule has 0 bridgehead atoms. The van der Waals surface area contributed by atoms with Gasteiger partial charge in [-0.15, -0.1) is 0 Å². The number of hydrogen-bond donors (Lipinski definition) is 2. The fourth-order valence-corrected chi connectivity index (χ4v) is 2.76. The summed E-state index contributed by atoms with van der Waals surface area (Å²) in [5.74, 6) is -3.24. The Morgan fingerprint density at radius 2 is 1.92 bits per heavy atom. The van der Waals surface area contributed by atoms with Crippen LogP contribution in [-0.2, 0) is 17.9 Å². The van der Waals surface area contributed by atoms with E-state index >= 15 is 0 Å². The van der Waals surface area contributed by atoms with E-state index in [1.165, 1.54) is 6.07 Å². The topological polar surface area (TPSA) is 63.1 Å². The van der Waals surface area contributed by atoms with Crippen molar-refractivity contribution < 1.29 is 13.6 Å². The van der Waals surface area contributed by atoms with Crippen molar-refractivity contribution >= 4 is 5.91 Å². The summed E-state index contributed by atoms with van der Waals surface area (Å²) in [6.07, 6.45) is 1.25. The number of rotatable bonds is 5. The van der Waals surface area contributed by atoms with Crippen LogP contribution in [0.2, 0.25) is 0 Å². The number of nitrogens with zero attached hydrogens (tertiary/aromatic N) is 1. The minimum absolute atomic E-state index is 0.0697. The third kappa shape index (κ3) is 4.51. The first kappa shape index (κ1) is 17.3. The molecular formula is C18H19F2N3O2.